The SMILES string of the molecule is OC(CBr)C(O)c1cccc(C2OCCO2)c1. The minimum atomic E-state index is -0.907. The van der Waals surface area contributed by atoms with Crippen LogP contribution in [0.3, 0.4) is 0 Å². The van der Waals surface area contributed by atoms with E-state index < -0.39 is 12.2 Å². The first kappa shape index (κ1) is 13.0. The lowest BCUT2D eigenvalue weighted by atomic mass is 10.0. The third kappa shape index (κ3) is 3.05. The first-order valence-electron chi connectivity index (χ1n) is 5.47. The number of halogens is 1. The average Bonchev–Trinajstić information content (AvgIpc) is 2.91. The van der Waals surface area contributed by atoms with Crippen LogP contribution in [-0.2, 0) is 9.47 Å². The van der Waals surface area contributed by atoms with E-state index in [2.05, 4.69) is 15.9 Å². The van der Waals surface area contributed by atoms with Crippen molar-refractivity contribution in [3.05, 3.63) is 35.4 Å². The Morgan fingerprint density at radius 2 is 2.00 bits per heavy atom. The highest BCUT2D eigenvalue weighted by atomic mass is 79.9. The van der Waals surface area contributed by atoms with Crippen LogP contribution in [0.5, 0.6) is 0 Å². The van der Waals surface area contributed by atoms with E-state index in [1.54, 1.807) is 12.1 Å². The molecule has 0 saturated carbocycles. The van der Waals surface area contributed by atoms with E-state index >= 15 is 0 Å². The number of rotatable bonds is 4. The maximum absolute atomic E-state index is 9.89. The van der Waals surface area contributed by atoms with Gasteiger partial charge in [-0.1, -0.05) is 34.1 Å². The summed E-state index contributed by atoms with van der Waals surface area (Å²) in [5.41, 5.74) is 1.52. The van der Waals surface area contributed by atoms with Crippen LogP contribution in [0, 0.1) is 0 Å². The van der Waals surface area contributed by atoms with Crippen LogP contribution in [0.15, 0.2) is 24.3 Å². The van der Waals surface area contributed by atoms with Crippen LogP contribution in [0.25, 0.3) is 0 Å². The lowest BCUT2D eigenvalue weighted by Gasteiger charge is -2.17. The second-order valence-corrected chi connectivity index (χ2v) is 4.56. The van der Waals surface area contributed by atoms with Crippen LogP contribution in [0.2, 0.25) is 0 Å². The molecule has 1 aliphatic heterocycles. The Hall–Kier alpha value is -0.460. The smallest absolute Gasteiger partial charge is 0.184 e. The van der Waals surface area contributed by atoms with Crippen LogP contribution in [-0.4, -0.2) is 34.9 Å². The fourth-order valence-electron chi connectivity index (χ4n) is 1.75. The zero-order valence-corrected chi connectivity index (χ0v) is 10.8. The lowest BCUT2D eigenvalue weighted by Crippen LogP contribution is -2.19. The molecule has 0 aliphatic carbocycles. The molecule has 1 heterocycles. The number of benzene rings is 1. The third-order valence-electron chi connectivity index (χ3n) is 2.67. The molecule has 1 fully saturated rings. The summed E-state index contributed by atoms with van der Waals surface area (Å²) in [4.78, 5) is 0. The number of aliphatic hydroxyl groups excluding tert-OH is 2. The van der Waals surface area contributed by atoms with Crippen molar-refractivity contribution in [1.82, 2.24) is 0 Å². The Morgan fingerprint density at radius 1 is 1.29 bits per heavy atom. The molecule has 2 unspecified atom stereocenters. The standard InChI is InChI=1S/C12H15BrO4/c13-7-10(14)11(15)8-2-1-3-9(6-8)12-16-4-5-17-12/h1-3,6,10-12,14-15H,4-5,7H2. The summed E-state index contributed by atoms with van der Waals surface area (Å²) in [6, 6.07) is 7.27. The summed E-state index contributed by atoms with van der Waals surface area (Å²) in [5.74, 6) is 0. The summed E-state index contributed by atoms with van der Waals surface area (Å²) < 4.78 is 10.8. The number of ether oxygens (including phenoxy) is 2. The molecule has 0 aromatic heterocycles. The van der Waals surface area contributed by atoms with Crippen molar-refractivity contribution in [1.29, 1.82) is 0 Å². The normalized spacial score (nSPS) is 20.4. The number of hydrogen-bond donors (Lipinski definition) is 2. The van der Waals surface area contributed by atoms with Gasteiger partial charge in [0.1, 0.15) is 6.10 Å². The first-order chi connectivity index (χ1) is 8.22. The van der Waals surface area contributed by atoms with Crippen molar-refractivity contribution in [3.8, 4) is 0 Å². The van der Waals surface area contributed by atoms with Gasteiger partial charge in [0.15, 0.2) is 6.29 Å². The Bertz CT molecular complexity index is 365. The first-order valence-corrected chi connectivity index (χ1v) is 6.59. The van der Waals surface area contributed by atoms with E-state index in [0.717, 1.165) is 5.56 Å². The average molecular weight is 303 g/mol. The molecular formula is C12H15BrO4. The fourth-order valence-corrected chi connectivity index (χ4v) is 2.10. The zero-order valence-electron chi connectivity index (χ0n) is 9.25. The Labute approximate surface area is 108 Å². The topological polar surface area (TPSA) is 58.9 Å². The van der Waals surface area contributed by atoms with Crippen molar-refractivity contribution >= 4 is 15.9 Å². The van der Waals surface area contributed by atoms with Crippen molar-refractivity contribution < 1.29 is 19.7 Å². The van der Waals surface area contributed by atoms with Crippen molar-refractivity contribution in [2.45, 2.75) is 18.5 Å². The molecule has 0 bridgehead atoms. The molecule has 2 N–H and O–H groups in total. The number of hydrogen-bond acceptors (Lipinski definition) is 4. The van der Waals surface area contributed by atoms with E-state index in [4.69, 9.17) is 9.47 Å². The quantitative estimate of drug-likeness (QED) is 0.828. The van der Waals surface area contributed by atoms with Gasteiger partial charge in [-0.3, -0.25) is 0 Å². The van der Waals surface area contributed by atoms with Crippen molar-refractivity contribution in [2.24, 2.45) is 0 Å². The molecule has 94 valence electrons. The molecular weight excluding hydrogens is 288 g/mol. The number of aliphatic hydroxyl groups is 2. The third-order valence-corrected chi connectivity index (χ3v) is 3.33. The molecule has 2 atom stereocenters. The molecule has 1 aromatic rings. The molecule has 2 rings (SSSR count). The van der Waals surface area contributed by atoms with Gasteiger partial charge in [-0.05, 0) is 11.6 Å². The van der Waals surface area contributed by atoms with Crippen molar-refractivity contribution in [3.63, 3.8) is 0 Å². The second kappa shape index (κ2) is 5.93. The Morgan fingerprint density at radius 3 is 2.65 bits per heavy atom. The molecule has 1 aromatic carbocycles. The highest BCUT2D eigenvalue weighted by Gasteiger charge is 2.21. The molecule has 0 amide bonds. The van der Waals surface area contributed by atoms with E-state index in [1.807, 2.05) is 12.1 Å². The molecule has 5 heteroatoms. The predicted molar refractivity (Wildman–Crippen MR) is 65.8 cm³/mol. The largest absolute Gasteiger partial charge is 0.389 e. The van der Waals surface area contributed by atoms with E-state index in [0.29, 0.717) is 24.1 Å². The summed E-state index contributed by atoms with van der Waals surface area (Å²) >= 11 is 3.14. The Kier molecular flexibility index (Phi) is 4.53. The van der Waals surface area contributed by atoms with E-state index in [9.17, 15) is 10.2 Å². The molecule has 1 aliphatic rings. The van der Waals surface area contributed by atoms with Gasteiger partial charge in [-0.15, -0.1) is 0 Å². The summed E-state index contributed by atoms with van der Waals surface area (Å²) in [6.45, 7) is 1.17. The van der Waals surface area contributed by atoms with Crippen LogP contribution >= 0.6 is 15.9 Å². The van der Waals surface area contributed by atoms with E-state index in [-0.39, 0.29) is 6.29 Å². The zero-order chi connectivity index (χ0) is 12.3. The van der Waals surface area contributed by atoms with Crippen LogP contribution < -0.4 is 0 Å². The summed E-state index contributed by atoms with van der Waals surface area (Å²) in [7, 11) is 0. The lowest BCUT2D eigenvalue weighted by molar-refractivity contribution is -0.0444. The minimum Gasteiger partial charge on any atom is -0.389 e. The van der Waals surface area contributed by atoms with Gasteiger partial charge in [-0.2, -0.15) is 0 Å². The maximum Gasteiger partial charge on any atom is 0.184 e. The van der Waals surface area contributed by atoms with Gasteiger partial charge in [-0.25, -0.2) is 0 Å². The maximum atomic E-state index is 9.89. The molecule has 17 heavy (non-hydrogen) atoms. The van der Waals surface area contributed by atoms with E-state index in [1.165, 1.54) is 0 Å². The molecule has 0 radical (unpaired) electrons. The Balaban J connectivity index is 2.15. The van der Waals surface area contributed by atoms with Gasteiger partial charge < -0.3 is 19.7 Å². The summed E-state index contributed by atoms with van der Waals surface area (Å²) in [6.07, 6.45) is -2.09. The van der Waals surface area contributed by atoms with Gasteiger partial charge in [0.2, 0.25) is 0 Å². The predicted octanol–water partition coefficient (Wildman–Crippen LogP) is 1.52. The van der Waals surface area contributed by atoms with Crippen LogP contribution in [0.1, 0.15) is 23.5 Å². The summed E-state index contributed by atoms with van der Waals surface area (Å²) in [5, 5.41) is 19.8. The monoisotopic (exact) mass is 302 g/mol. The molecule has 1 saturated heterocycles. The number of alkyl halides is 1. The highest BCUT2D eigenvalue weighted by molar-refractivity contribution is 9.09. The molecule has 0 spiro atoms. The van der Waals surface area contributed by atoms with Gasteiger partial charge in [0.05, 0.1) is 19.3 Å². The fraction of sp³-hybridized carbons (Fsp3) is 0.500. The molecule has 4 nitrogen and oxygen atoms in total. The van der Waals surface area contributed by atoms with Crippen molar-refractivity contribution in [2.75, 3.05) is 18.5 Å². The second-order valence-electron chi connectivity index (χ2n) is 3.91. The van der Waals surface area contributed by atoms with Gasteiger partial charge in [0.25, 0.3) is 0 Å². The highest BCUT2D eigenvalue weighted by Crippen LogP contribution is 2.26. The van der Waals surface area contributed by atoms with Gasteiger partial charge >= 0.3 is 0 Å². The van der Waals surface area contributed by atoms with Crippen LogP contribution in [0.4, 0.5) is 0 Å². The van der Waals surface area contributed by atoms with Gasteiger partial charge in [0, 0.05) is 10.9 Å². The minimum absolute atomic E-state index is 0.328.